The zero-order valence-corrected chi connectivity index (χ0v) is 14.5. The largest absolute Gasteiger partial charge is 0.498 e. The number of likely N-dealkylation sites (N-methyl/N-ethyl adjacent to an activating group) is 1. The average molecular weight is 328 g/mol. The molecule has 1 aromatic heterocycles. The summed E-state index contributed by atoms with van der Waals surface area (Å²) in [5.41, 5.74) is 1.99. The Hall–Kier alpha value is -2.24. The number of aromatic nitrogens is 1. The van der Waals surface area contributed by atoms with Crippen LogP contribution in [0.4, 0.5) is 5.69 Å². The van der Waals surface area contributed by atoms with Crippen molar-refractivity contribution in [3.63, 3.8) is 0 Å². The topological polar surface area (TPSA) is 57.7 Å². The Balaban J connectivity index is 2.16. The zero-order valence-electron chi connectivity index (χ0n) is 14.5. The summed E-state index contributed by atoms with van der Waals surface area (Å²) in [4.78, 5) is 5.35. The Labute approximate surface area is 142 Å². The SMILES string of the molecule is CCN(c1c[nH]c2ccccc12)[C@@]1(OC)C=C(C)C=C(OC)[C@@H]1O. The molecule has 3 rings (SSSR count). The monoisotopic (exact) mass is 328 g/mol. The van der Waals surface area contributed by atoms with Gasteiger partial charge < -0.3 is 24.5 Å². The molecule has 0 spiro atoms. The molecule has 2 atom stereocenters. The van der Waals surface area contributed by atoms with Crippen LogP contribution < -0.4 is 4.90 Å². The Bertz CT molecular complexity index is 793. The van der Waals surface area contributed by atoms with Crippen molar-refractivity contribution in [2.75, 3.05) is 25.7 Å². The van der Waals surface area contributed by atoms with E-state index in [0.717, 1.165) is 22.2 Å². The maximum Gasteiger partial charge on any atom is 0.194 e. The van der Waals surface area contributed by atoms with Gasteiger partial charge in [-0.2, -0.15) is 0 Å². The number of ether oxygens (including phenoxy) is 2. The Morgan fingerprint density at radius 1 is 1.29 bits per heavy atom. The lowest BCUT2D eigenvalue weighted by atomic mass is 9.92. The van der Waals surface area contributed by atoms with E-state index < -0.39 is 11.8 Å². The number of aliphatic hydroxyl groups is 1. The molecular formula is C19H24N2O3. The van der Waals surface area contributed by atoms with Gasteiger partial charge >= 0.3 is 0 Å². The van der Waals surface area contributed by atoms with Crippen molar-refractivity contribution in [1.82, 2.24) is 4.98 Å². The van der Waals surface area contributed by atoms with Gasteiger partial charge in [-0.1, -0.05) is 18.2 Å². The maximum absolute atomic E-state index is 11.0. The van der Waals surface area contributed by atoms with Crippen LogP contribution in [-0.2, 0) is 9.47 Å². The molecule has 0 fully saturated rings. The van der Waals surface area contributed by atoms with Crippen LogP contribution in [0.25, 0.3) is 10.9 Å². The number of fused-ring (bicyclic) bond motifs is 1. The first-order valence-corrected chi connectivity index (χ1v) is 8.09. The van der Waals surface area contributed by atoms with Crippen LogP contribution in [0.5, 0.6) is 0 Å². The summed E-state index contributed by atoms with van der Waals surface area (Å²) in [7, 11) is 3.18. The Morgan fingerprint density at radius 2 is 2.04 bits per heavy atom. The van der Waals surface area contributed by atoms with Crippen LogP contribution >= 0.6 is 0 Å². The van der Waals surface area contributed by atoms with Crippen LogP contribution in [0, 0.1) is 0 Å². The van der Waals surface area contributed by atoms with E-state index in [2.05, 4.69) is 16.0 Å². The van der Waals surface area contributed by atoms with Crippen LogP contribution in [0.1, 0.15) is 13.8 Å². The number of anilines is 1. The number of aliphatic hydroxyl groups excluding tert-OH is 1. The van der Waals surface area contributed by atoms with Gasteiger partial charge in [0.05, 0.1) is 12.8 Å². The molecule has 0 radical (unpaired) electrons. The number of aromatic amines is 1. The fraction of sp³-hybridized carbons (Fsp3) is 0.368. The number of benzene rings is 1. The summed E-state index contributed by atoms with van der Waals surface area (Å²) in [6.45, 7) is 4.68. The minimum Gasteiger partial charge on any atom is -0.498 e. The maximum atomic E-state index is 11.0. The van der Waals surface area contributed by atoms with Gasteiger partial charge in [-0.3, -0.25) is 0 Å². The molecule has 0 aliphatic heterocycles. The third-order valence-electron chi connectivity index (χ3n) is 4.62. The van der Waals surface area contributed by atoms with Gasteiger partial charge in [0.15, 0.2) is 11.8 Å². The smallest absolute Gasteiger partial charge is 0.194 e. The van der Waals surface area contributed by atoms with Crippen LogP contribution in [0.2, 0.25) is 0 Å². The van der Waals surface area contributed by atoms with E-state index in [1.165, 1.54) is 0 Å². The number of methoxy groups -OCH3 is 2. The summed E-state index contributed by atoms with van der Waals surface area (Å²) in [5.74, 6) is 0.496. The molecule has 24 heavy (non-hydrogen) atoms. The molecule has 0 amide bonds. The van der Waals surface area contributed by atoms with Crippen molar-refractivity contribution in [2.45, 2.75) is 25.7 Å². The summed E-state index contributed by atoms with van der Waals surface area (Å²) in [6.07, 6.45) is 4.82. The molecule has 1 aliphatic rings. The van der Waals surface area contributed by atoms with Gasteiger partial charge in [-0.25, -0.2) is 0 Å². The minimum atomic E-state index is -1.02. The van der Waals surface area contributed by atoms with E-state index in [9.17, 15) is 5.11 Å². The lowest BCUT2D eigenvalue weighted by Crippen LogP contribution is -2.59. The first kappa shape index (κ1) is 16.6. The molecule has 5 nitrogen and oxygen atoms in total. The van der Waals surface area contributed by atoms with Crippen molar-refractivity contribution >= 4 is 16.6 Å². The second-order valence-corrected chi connectivity index (χ2v) is 5.96. The molecule has 1 aliphatic carbocycles. The first-order chi connectivity index (χ1) is 11.6. The van der Waals surface area contributed by atoms with Crippen LogP contribution in [-0.4, -0.2) is 42.7 Å². The Kier molecular flexibility index (Phi) is 4.39. The van der Waals surface area contributed by atoms with E-state index in [1.54, 1.807) is 14.2 Å². The van der Waals surface area contributed by atoms with Gasteiger partial charge in [-0.05, 0) is 37.6 Å². The zero-order chi connectivity index (χ0) is 17.3. The van der Waals surface area contributed by atoms with Gasteiger partial charge in [0, 0.05) is 30.8 Å². The molecule has 5 heteroatoms. The quantitative estimate of drug-likeness (QED) is 0.828. The van der Waals surface area contributed by atoms with Crippen LogP contribution in [0.3, 0.4) is 0 Å². The summed E-state index contributed by atoms with van der Waals surface area (Å²) in [6, 6.07) is 8.10. The number of rotatable bonds is 5. The number of hydrogen-bond acceptors (Lipinski definition) is 4. The van der Waals surface area contributed by atoms with Gasteiger partial charge in [0.1, 0.15) is 5.76 Å². The highest BCUT2D eigenvalue weighted by Crippen LogP contribution is 2.39. The predicted molar refractivity (Wildman–Crippen MR) is 95.9 cm³/mol. The van der Waals surface area contributed by atoms with Gasteiger partial charge in [0.25, 0.3) is 0 Å². The molecule has 128 valence electrons. The number of allylic oxidation sites excluding steroid dienone is 2. The molecular weight excluding hydrogens is 304 g/mol. The predicted octanol–water partition coefficient (Wildman–Crippen LogP) is 3.19. The number of nitrogens with zero attached hydrogens (tertiary/aromatic N) is 1. The highest BCUT2D eigenvalue weighted by atomic mass is 16.5. The minimum absolute atomic E-state index is 0.496. The van der Waals surface area contributed by atoms with E-state index in [-0.39, 0.29) is 0 Å². The number of H-pyrrole nitrogens is 1. The molecule has 0 saturated carbocycles. The highest BCUT2D eigenvalue weighted by Gasteiger charge is 2.46. The number of nitrogens with one attached hydrogen (secondary N) is 1. The second kappa shape index (κ2) is 6.34. The van der Waals surface area contributed by atoms with E-state index in [0.29, 0.717) is 12.3 Å². The van der Waals surface area contributed by atoms with Crippen molar-refractivity contribution in [1.29, 1.82) is 0 Å². The number of hydrogen-bond donors (Lipinski definition) is 2. The highest BCUT2D eigenvalue weighted by molar-refractivity contribution is 5.93. The van der Waals surface area contributed by atoms with Crippen molar-refractivity contribution < 1.29 is 14.6 Å². The standard InChI is InChI=1S/C19H24N2O3/c1-5-21(16-12-20-15-9-7-6-8-14(15)16)19(24-4)11-13(2)10-17(23-3)18(19)22/h6-12,18,20,22H,5H2,1-4H3/t18-,19+/m0/s1. The normalized spacial score (nSPS) is 23.8. The van der Waals surface area contributed by atoms with E-state index in [1.807, 2.05) is 50.4 Å². The molecule has 0 saturated heterocycles. The third kappa shape index (κ3) is 2.41. The second-order valence-electron chi connectivity index (χ2n) is 5.96. The summed E-state index contributed by atoms with van der Waals surface area (Å²) < 4.78 is 11.3. The molecule has 1 aromatic carbocycles. The van der Waals surface area contributed by atoms with E-state index in [4.69, 9.17) is 9.47 Å². The lowest BCUT2D eigenvalue weighted by molar-refractivity contribution is -0.0732. The Morgan fingerprint density at radius 3 is 2.71 bits per heavy atom. The van der Waals surface area contributed by atoms with Gasteiger partial charge in [-0.15, -0.1) is 0 Å². The fourth-order valence-electron chi connectivity index (χ4n) is 3.52. The first-order valence-electron chi connectivity index (χ1n) is 8.09. The van der Waals surface area contributed by atoms with Crippen molar-refractivity contribution in [3.05, 3.63) is 53.9 Å². The number of para-hydroxylation sites is 1. The summed E-state index contributed by atoms with van der Waals surface area (Å²) >= 11 is 0. The van der Waals surface area contributed by atoms with Crippen molar-refractivity contribution in [2.24, 2.45) is 0 Å². The third-order valence-corrected chi connectivity index (χ3v) is 4.62. The molecule has 1 heterocycles. The molecule has 0 bridgehead atoms. The van der Waals surface area contributed by atoms with Gasteiger partial charge in [0.2, 0.25) is 0 Å². The van der Waals surface area contributed by atoms with Crippen LogP contribution in [0.15, 0.2) is 53.9 Å². The fourth-order valence-corrected chi connectivity index (χ4v) is 3.52. The molecule has 2 aromatic rings. The molecule has 2 N–H and O–H groups in total. The van der Waals surface area contributed by atoms with E-state index >= 15 is 0 Å². The summed E-state index contributed by atoms with van der Waals surface area (Å²) in [5, 5.41) is 12.0. The molecule has 0 unspecified atom stereocenters. The average Bonchev–Trinajstić information content (AvgIpc) is 3.02. The van der Waals surface area contributed by atoms with Crippen molar-refractivity contribution in [3.8, 4) is 0 Å². The lowest BCUT2D eigenvalue weighted by Gasteiger charge is -2.46.